The molecule has 0 spiro atoms. The van der Waals surface area contributed by atoms with E-state index in [4.69, 9.17) is 15.6 Å². The van der Waals surface area contributed by atoms with E-state index in [2.05, 4.69) is 5.32 Å². The van der Waals surface area contributed by atoms with E-state index in [1.165, 1.54) is 7.11 Å². The number of nitrogens with one attached hydrogen (secondary N) is 1. The first-order valence-electron chi connectivity index (χ1n) is 5.28. The number of methoxy groups -OCH3 is 1. The van der Waals surface area contributed by atoms with Crippen LogP contribution in [0.2, 0.25) is 0 Å². The van der Waals surface area contributed by atoms with Gasteiger partial charge in [0.15, 0.2) is 0 Å². The summed E-state index contributed by atoms with van der Waals surface area (Å²) in [4.78, 5) is 22.4. The maximum atomic E-state index is 11.6. The van der Waals surface area contributed by atoms with Gasteiger partial charge in [-0.1, -0.05) is 6.92 Å². The smallest absolute Gasteiger partial charge is 0.326 e. The Labute approximate surface area is 95.1 Å². The first kappa shape index (κ1) is 14.9. The van der Waals surface area contributed by atoms with Gasteiger partial charge < -0.3 is 20.9 Å². The highest BCUT2D eigenvalue weighted by atomic mass is 16.5. The number of carboxylic acids is 1. The molecule has 0 aliphatic rings. The van der Waals surface area contributed by atoms with Gasteiger partial charge in [-0.3, -0.25) is 4.79 Å². The Morgan fingerprint density at radius 2 is 2.12 bits per heavy atom. The third-order valence-corrected chi connectivity index (χ3v) is 2.37. The monoisotopic (exact) mass is 232 g/mol. The lowest BCUT2D eigenvalue weighted by molar-refractivity contribution is -0.143. The van der Waals surface area contributed by atoms with Gasteiger partial charge >= 0.3 is 5.97 Å². The number of amides is 1. The van der Waals surface area contributed by atoms with E-state index < -0.39 is 12.0 Å². The van der Waals surface area contributed by atoms with E-state index in [9.17, 15) is 9.59 Å². The number of aliphatic carboxylic acids is 1. The molecule has 0 saturated heterocycles. The lowest BCUT2D eigenvalue weighted by atomic mass is 10.1. The molecule has 0 aromatic carbocycles. The SMILES string of the molecule is CCC(CN)C(=O)NC(CCOC)C(=O)O. The summed E-state index contributed by atoms with van der Waals surface area (Å²) < 4.78 is 4.78. The maximum absolute atomic E-state index is 11.6. The average Bonchev–Trinajstić information content (AvgIpc) is 2.25. The van der Waals surface area contributed by atoms with Crippen LogP contribution in [0.25, 0.3) is 0 Å². The standard InChI is InChI=1S/C10H20N2O4/c1-3-7(6-11)9(13)12-8(10(14)15)4-5-16-2/h7-8H,3-6,11H2,1-2H3,(H,12,13)(H,14,15). The number of ether oxygens (including phenoxy) is 1. The van der Waals surface area contributed by atoms with Gasteiger partial charge in [0.25, 0.3) is 0 Å². The van der Waals surface area contributed by atoms with Crippen LogP contribution in [0, 0.1) is 5.92 Å². The zero-order valence-electron chi connectivity index (χ0n) is 9.73. The molecule has 0 aliphatic carbocycles. The molecule has 0 heterocycles. The molecule has 0 aromatic heterocycles. The molecule has 2 unspecified atom stereocenters. The van der Waals surface area contributed by atoms with Gasteiger partial charge in [-0.15, -0.1) is 0 Å². The van der Waals surface area contributed by atoms with Crippen molar-refractivity contribution in [3.8, 4) is 0 Å². The molecule has 0 saturated carbocycles. The van der Waals surface area contributed by atoms with Crippen molar-refractivity contribution >= 4 is 11.9 Å². The van der Waals surface area contributed by atoms with E-state index in [0.29, 0.717) is 6.42 Å². The Hall–Kier alpha value is -1.14. The minimum Gasteiger partial charge on any atom is -0.480 e. The van der Waals surface area contributed by atoms with Crippen LogP contribution < -0.4 is 11.1 Å². The van der Waals surface area contributed by atoms with Gasteiger partial charge in [0.1, 0.15) is 6.04 Å². The van der Waals surface area contributed by atoms with Crippen LogP contribution >= 0.6 is 0 Å². The molecule has 0 fully saturated rings. The Bertz CT molecular complexity index is 229. The molecule has 2 atom stereocenters. The fourth-order valence-electron chi connectivity index (χ4n) is 1.24. The molecule has 6 nitrogen and oxygen atoms in total. The minimum absolute atomic E-state index is 0.221. The Morgan fingerprint density at radius 3 is 2.50 bits per heavy atom. The van der Waals surface area contributed by atoms with Crippen LogP contribution in [0.5, 0.6) is 0 Å². The van der Waals surface area contributed by atoms with Gasteiger partial charge in [-0.2, -0.15) is 0 Å². The predicted molar refractivity (Wildman–Crippen MR) is 58.9 cm³/mol. The molecule has 6 heteroatoms. The van der Waals surface area contributed by atoms with Crippen LogP contribution in [0.1, 0.15) is 19.8 Å². The van der Waals surface area contributed by atoms with Gasteiger partial charge in [-0.25, -0.2) is 4.79 Å². The Kier molecular flexibility index (Phi) is 7.49. The highest BCUT2D eigenvalue weighted by molar-refractivity contribution is 5.85. The normalized spacial score (nSPS) is 14.2. The number of carbonyl (C=O) groups excluding carboxylic acids is 1. The number of carboxylic acid groups (broad SMARTS) is 1. The van der Waals surface area contributed by atoms with Crippen molar-refractivity contribution in [2.75, 3.05) is 20.3 Å². The van der Waals surface area contributed by atoms with Crippen LogP contribution in [-0.2, 0) is 14.3 Å². The predicted octanol–water partition coefficient (Wildman–Crippen LogP) is -0.423. The van der Waals surface area contributed by atoms with Crippen LogP contribution in [0.4, 0.5) is 0 Å². The lowest BCUT2D eigenvalue weighted by Gasteiger charge is -2.18. The summed E-state index contributed by atoms with van der Waals surface area (Å²) in [5.74, 6) is -1.70. The second-order valence-electron chi connectivity index (χ2n) is 3.52. The maximum Gasteiger partial charge on any atom is 0.326 e. The van der Waals surface area contributed by atoms with E-state index in [1.807, 2.05) is 6.92 Å². The molecule has 0 bridgehead atoms. The van der Waals surface area contributed by atoms with E-state index in [0.717, 1.165) is 0 Å². The zero-order chi connectivity index (χ0) is 12.6. The number of carbonyl (C=O) groups is 2. The molecule has 16 heavy (non-hydrogen) atoms. The van der Waals surface area contributed by atoms with Crippen molar-refractivity contribution in [2.45, 2.75) is 25.8 Å². The first-order valence-corrected chi connectivity index (χ1v) is 5.28. The van der Waals surface area contributed by atoms with E-state index >= 15 is 0 Å². The van der Waals surface area contributed by atoms with Gasteiger partial charge in [0.2, 0.25) is 5.91 Å². The van der Waals surface area contributed by atoms with Gasteiger partial charge in [-0.05, 0) is 6.42 Å². The fraction of sp³-hybridized carbons (Fsp3) is 0.800. The largest absolute Gasteiger partial charge is 0.480 e. The Morgan fingerprint density at radius 1 is 1.50 bits per heavy atom. The topological polar surface area (TPSA) is 102 Å². The van der Waals surface area contributed by atoms with Crippen LogP contribution in [0.15, 0.2) is 0 Å². The highest BCUT2D eigenvalue weighted by Crippen LogP contribution is 2.02. The highest BCUT2D eigenvalue weighted by Gasteiger charge is 2.23. The van der Waals surface area contributed by atoms with Crippen molar-refractivity contribution in [3.63, 3.8) is 0 Å². The molecular weight excluding hydrogens is 212 g/mol. The summed E-state index contributed by atoms with van der Waals surface area (Å²) >= 11 is 0. The number of rotatable bonds is 8. The molecule has 1 amide bonds. The van der Waals surface area contributed by atoms with E-state index in [1.54, 1.807) is 0 Å². The van der Waals surface area contributed by atoms with Crippen molar-refractivity contribution < 1.29 is 19.4 Å². The summed E-state index contributed by atoms with van der Waals surface area (Å²) in [6.07, 6.45) is 0.845. The van der Waals surface area contributed by atoms with Crippen LogP contribution in [0.3, 0.4) is 0 Å². The number of hydrogen-bond donors (Lipinski definition) is 3. The van der Waals surface area contributed by atoms with Crippen molar-refractivity contribution in [1.82, 2.24) is 5.32 Å². The second-order valence-corrected chi connectivity index (χ2v) is 3.52. The second kappa shape index (κ2) is 8.06. The molecular formula is C10H20N2O4. The molecule has 4 N–H and O–H groups in total. The zero-order valence-corrected chi connectivity index (χ0v) is 9.73. The number of nitrogens with two attached hydrogens (primary N) is 1. The Balaban J connectivity index is 4.27. The third kappa shape index (κ3) is 5.09. The molecule has 0 aliphatic heterocycles. The van der Waals surface area contributed by atoms with Crippen molar-refractivity contribution in [3.05, 3.63) is 0 Å². The molecule has 94 valence electrons. The molecule has 0 aromatic rings. The van der Waals surface area contributed by atoms with Crippen molar-refractivity contribution in [2.24, 2.45) is 11.7 Å². The quantitative estimate of drug-likeness (QED) is 0.527. The summed E-state index contributed by atoms with van der Waals surface area (Å²) in [5.41, 5.74) is 5.40. The lowest BCUT2D eigenvalue weighted by Crippen LogP contribution is -2.45. The van der Waals surface area contributed by atoms with E-state index in [-0.39, 0.29) is 31.4 Å². The van der Waals surface area contributed by atoms with Gasteiger partial charge in [0.05, 0.1) is 0 Å². The summed E-state index contributed by atoms with van der Waals surface area (Å²) in [6.45, 7) is 2.34. The first-order chi connectivity index (χ1) is 7.56. The third-order valence-electron chi connectivity index (χ3n) is 2.37. The van der Waals surface area contributed by atoms with Crippen molar-refractivity contribution in [1.29, 1.82) is 0 Å². The summed E-state index contributed by atoms with van der Waals surface area (Å²) in [6, 6.07) is -0.909. The summed E-state index contributed by atoms with van der Waals surface area (Å²) in [5, 5.41) is 11.3. The fourth-order valence-corrected chi connectivity index (χ4v) is 1.24. The minimum atomic E-state index is -1.06. The summed E-state index contributed by atoms with van der Waals surface area (Å²) in [7, 11) is 1.48. The van der Waals surface area contributed by atoms with Crippen LogP contribution in [-0.4, -0.2) is 43.3 Å². The van der Waals surface area contributed by atoms with Gasteiger partial charge in [0, 0.05) is 32.6 Å². The average molecular weight is 232 g/mol. The molecule has 0 rings (SSSR count). The molecule has 0 radical (unpaired) electrons. The number of hydrogen-bond acceptors (Lipinski definition) is 4.